The summed E-state index contributed by atoms with van der Waals surface area (Å²) in [6, 6.07) is 3.42. The number of H-pyrrole nitrogens is 1. The number of hydrogen-bond acceptors (Lipinski definition) is 4. The molecule has 19 heavy (non-hydrogen) atoms. The molecular weight excluding hydrogens is 246 g/mol. The van der Waals surface area contributed by atoms with Gasteiger partial charge in [0.15, 0.2) is 11.4 Å². The van der Waals surface area contributed by atoms with Crippen LogP contribution in [0.5, 0.6) is 0 Å². The summed E-state index contributed by atoms with van der Waals surface area (Å²) in [7, 11) is 0. The standard InChI is InChI=1S/C13H15N3O3/c17-12-7-10(15-11-2-4-14-16(11)12)9-1-3-13(8-9)18-5-6-19-13/h2,4,7,9,14H,1,3,5-6,8H2. The number of aromatic amines is 1. The minimum Gasteiger partial charge on any atom is -0.348 e. The average Bonchev–Trinajstić information content (AvgIpc) is 3.12. The quantitative estimate of drug-likeness (QED) is 0.832. The highest BCUT2D eigenvalue weighted by atomic mass is 16.7. The molecule has 1 saturated carbocycles. The first-order valence-electron chi connectivity index (χ1n) is 6.61. The molecule has 3 heterocycles. The molecule has 1 aliphatic heterocycles. The fourth-order valence-corrected chi connectivity index (χ4v) is 3.14. The normalized spacial score (nSPS) is 25.6. The maximum Gasteiger partial charge on any atom is 0.272 e. The molecule has 2 fully saturated rings. The summed E-state index contributed by atoms with van der Waals surface area (Å²) in [5.41, 5.74) is 1.44. The third-order valence-electron chi connectivity index (χ3n) is 4.06. The summed E-state index contributed by atoms with van der Waals surface area (Å²) in [6.45, 7) is 1.33. The van der Waals surface area contributed by atoms with Crippen LogP contribution in [0.2, 0.25) is 0 Å². The number of ether oxygens (including phenoxy) is 2. The molecule has 4 rings (SSSR count). The predicted molar refractivity (Wildman–Crippen MR) is 67.0 cm³/mol. The maximum absolute atomic E-state index is 12.0. The SMILES string of the molecule is O=c1cc(C2CCC3(C2)OCCO3)nc2cc[nH]n12. The molecule has 6 nitrogen and oxygen atoms in total. The Balaban J connectivity index is 1.69. The van der Waals surface area contributed by atoms with Crippen LogP contribution in [-0.2, 0) is 9.47 Å². The zero-order valence-corrected chi connectivity index (χ0v) is 10.5. The van der Waals surface area contributed by atoms with E-state index in [1.165, 1.54) is 4.52 Å². The lowest BCUT2D eigenvalue weighted by Gasteiger charge is -2.21. The number of fused-ring (bicyclic) bond motifs is 1. The third-order valence-corrected chi connectivity index (χ3v) is 4.06. The number of nitrogens with zero attached hydrogens (tertiary/aromatic N) is 2. The van der Waals surface area contributed by atoms with Gasteiger partial charge in [0.05, 0.1) is 18.9 Å². The zero-order chi connectivity index (χ0) is 12.9. The van der Waals surface area contributed by atoms with E-state index in [1.807, 2.05) is 0 Å². The molecule has 6 heteroatoms. The van der Waals surface area contributed by atoms with Gasteiger partial charge >= 0.3 is 0 Å². The first kappa shape index (κ1) is 11.2. The van der Waals surface area contributed by atoms with Crippen LogP contribution in [0.3, 0.4) is 0 Å². The van der Waals surface area contributed by atoms with E-state index in [0.717, 1.165) is 25.0 Å². The molecule has 0 amide bonds. The highest BCUT2D eigenvalue weighted by Crippen LogP contribution is 2.44. The molecule has 1 unspecified atom stereocenters. The molecule has 1 spiro atoms. The number of hydrogen-bond donors (Lipinski definition) is 1. The molecule has 1 aliphatic carbocycles. The van der Waals surface area contributed by atoms with Crippen LogP contribution in [0.1, 0.15) is 30.9 Å². The van der Waals surface area contributed by atoms with Crippen LogP contribution in [0.15, 0.2) is 23.1 Å². The third kappa shape index (κ3) is 1.71. The Morgan fingerprint density at radius 3 is 3.11 bits per heavy atom. The van der Waals surface area contributed by atoms with Crippen molar-refractivity contribution in [3.05, 3.63) is 34.4 Å². The molecule has 0 radical (unpaired) electrons. The van der Waals surface area contributed by atoms with E-state index in [1.54, 1.807) is 18.3 Å². The van der Waals surface area contributed by atoms with Crippen molar-refractivity contribution in [1.29, 1.82) is 0 Å². The minimum atomic E-state index is -0.421. The Morgan fingerprint density at radius 2 is 2.26 bits per heavy atom. The lowest BCUT2D eigenvalue weighted by molar-refractivity contribution is -0.151. The Labute approximate surface area is 109 Å². The van der Waals surface area contributed by atoms with E-state index in [-0.39, 0.29) is 11.5 Å². The molecule has 0 aromatic carbocycles. The van der Waals surface area contributed by atoms with Gasteiger partial charge in [0.25, 0.3) is 5.56 Å². The van der Waals surface area contributed by atoms with Crippen molar-refractivity contribution < 1.29 is 9.47 Å². The number of nitrogens with one attached hydrogen (secondary N) is 1. The Kier molecular flexibility index (Phi) is 2.31. The van der Waals surface area contributed by atoms with E-state index in [9.17, 15) is 4.79 Å². The summed E-state index contributed by atoms with van der Waals surface area (Å²) in [6.07, 6.45) is 4.34. The van der Waals surface area contributed by atoms with Gasteiger partial charge in [-0.2, -0.15) is 0 Å². The molecule has 100 valence electrons. The summed E-state index contributed by atoms with van der Waals surface area (Å²) in [5, 5.41) is 2.85. The predicted octanol–water partition coefficient (Wildman–Crippen LogP) is 1.03. The zero-order valence-electron chi connectivity index (χ0n) is 10.5. The topological polar surface area (TPSA) is 68.6 Å². The Morgan fingerprint density at radius 1 is 1.42 bits per heavy atom. The molecule has 0 bridgehead atoms. The van der Waals surface area contributed by atoms with E-state index in [0.29, 0.717) is 18.9 Å². The van der Waals surface area contributed by atoms with Crippen molar-refractivity contribution in [3.8, 4) is 0 Å². The second kappa shape index (κ2) is 3.91. The first-order valence-corrected chi connectivity index (χ1v) is 6.61. The van der Waals surface area contributed by atoms with Crippen molar-refractivity contribution >= 4 is 5.65 Å². The fraction of sp³-hybridized carbons (Fsp3) is 0.538. The van der Waals surface area contributed by atoms with Gasteiger partial charge in [0.2, 0.25) is 0 Å². The second-order valence-corrected chi connectivity index (χ2v) is 5.22. The van der Waals surface area contributed by atoms with Crippen LogP contribution in [0.25, 0.3) is 5.65 Å². The van der Waals surface area contributed by atoms with Gasteiger partial charge < -0.3 is 9.47 Å². The Hall–Kier alpha value is -1.66. The summed E-state index contributed by atoms with van der Waals surface area (Å²) >= 11 is 0. The van der Waals surface area contributed by atoms with Gasteiger partial charge in [0, 0.05) is 37.1 Å². The molecule has 2 aromatic heterocycles. The van der Waals surface area contributed by atoms with Gasteiger partial charge in [-0.15, -0.1) is 0 Å². The van der Waals surface area contributed by atoms with Crippen LogP contribution in [0.4, 0.5) is 0 Å². The smallest absolute Gasteiger partial charge is 0.272 e. The van der Waals surface area contributed by atoms with Crippen LogP contribution < -0.4 is 5.56 Å². The molecule has 2 aliphatic rings. The van der Waals surface area contributed by atoms with Crippen molar-refractivity contribution in [1.82, 2.24) is 14.6 Å². The molecule has 1 N–H and O–H groups in total. The Bertz CT molecular complexity index is 669. The summed E-state index contributed by atoms with van der Waals surface area (Å²) < 4.78 is 12.9. The molecular formula is C13H15N3O3. The van der Waals surface area contributed by atoms with Crippen LogP contribution >= 0.6 is 0 Å². The van der Waals surface area contributed by atoms with Gasteiger partial charge in [-0.3, -0.25) is 9.89 Å². The maximum atomic E-state index is 12.0. The molecule has 2 aromatic rings. The van der Waals surface area contributed by atoms with Crippen LogP contribution in [0, 0.1) is 0 Å². The van der Waals surface area contributed by atoms with Crippen molar-refractivity contribution in [2.45, 2.75) is 31.0 Å². The molecule has 1 saturated heterocycles. The van der Waals surface area contributed by atoms with Crippen molar-refractivity contribution in [2.24, 2.45) is 0 Å². The van der Waals surface area contributed by atoms with E-state index < -0.39 is 5.79 Å². The monoisotopic (exact) mass is 261 g/mol. The van der Waals surface area contributed by atoms with E-state index in [4.69, 9.17) is 9.47 Å². The fourth-order valence-electron chi connectivity index (χ4n) is 3.14. The largest absolute Gasteiger partial charge is 0.348 e. The van der Waals surface area contributed by atoms with Gasteiger partial charge in [0.1, 0.15) is 0 Å². The second-order valence-electron chi connectivity index (χ2n) is 5.22. The average molecular weight is 261 g/mol. The van der Waals surface area contributed by atoms with Gasteiger partial charge in [-0.25, -0.2) is 9.50 Å². The highest BCUT2D eigenvalue weighted by molar-refractivity contribution is 5.37. The highest BCUT2D eigenvalue weighted by Gasteiger charge is 2.44. The van der Waals surface area contributed by atoms with E-state index in [2.05, 4.69) is 10.1 Å². The van der Waals surface area contributed by atoms with E-state index >= 15 is 0 Å². The first-order chi connectivity index (χ1) is 9.26. The minimum absolute atomic E-state index is 0.0702. The summed E-state index contributed by atoms with van der Waals surface area (Å²) in [4.78, 5) is 16.5. The van der Waals surface area contributed by atoms with Crippen molar-refractivity contribution in [3.63, 3.8) is 0 Å². The number of aromatic nitrogens is 3. The lowest BCUT2D eigenvalue weighted by Crippen LogP contribution is -2.26. The van der Waals surface area contributed by atoms with Crippen molar-refractivity contribution in [2.75, 3.05) is 13.2 Å². The number of rotatable bonds is 1. The summed E-state index contributed by atoms with van der Waals surface area (Å²) in [5.74, 6) is -0.180. The lowest BCUT2D eigenvalue weighted by atomic mass is 10.0. The van der Waals surface area contributed by atoms with Crippen LogP contribution in [-0.4, -0.2) is 33.6 Å². The van der Waals surface area contributed by atoms with Gasteiger partial charge in [-0.1, -0.05) is 0 Å². The van der Waals surface area contributed by atoms with Gasteiger partial charge in [-0.05, 0) is 6.42 Å². The molecule has 1 atom stereocenters.